The molecule has 0 aliphatic heterocycles. The maximum Gasteiger partial charge on any atom is 0.123 e. The fourth-order valence-electron chi connectivity index (χ4n) is 2.15. The summed E-state index contributed by atoms with van der Waals surface area (Å²) in [5, 5.41) is 12.0. The highest BCUT2D eigenvalue weighted by molar-refractivity contribution is 7.10. The van der Waals surface area contributed by atoms with Crippen LogP contribution in [0.1, 0.15) is 44.4 Å². The highest BCUT2D eigenvalue weighted by Crippen LogP contribution is 2.38. The van der Waals surface area contributed by atoms with Gasteiger partial charge in [-0.2, -0.15) is 5.26 Å². The lowest BCUT2D eigenvalue weighted by atomic mass is 9.89. The van der Waals surface area contributed by atoms with E-state index in [4.69, 9.17) is 15.0 Å². The number of ether oxygens (including phenoxy) is 1. The van der Waals surface area contributed by atoms with E-state index < -0.39 is 0 Å². The Labute approximate surface area is 130 Å². The van der Waals surface area contributed by atoms with Crippen molar-refractivity contribution in [2.24, 2.45) is 5.41 Å². The van der Waals surface area contributed by atoms with Crippen LogP contribution < -0.4 is 0 Å². The third-order valence-corrected chi connectivity index (χ3v) is 4.04. The van der Waals surface area contributed by atoms with E-state index in [1.54, 1.807) is 17.4 Å². The highest BCUT2D eigenvalue weighted by atomic mass is 32.1. The van der Waals surface area contributed by atoms with Gasteiger partial charge in [0.15, 0.2) is 0 Å². The summed E-state index contributed by atoms with van der Waals surface area (Å²) in [7, 11) is 0. The molecule has 1 aromatic heterocycles. The van der Waals surface area contributed by atoms with Gasteiger partial charge in [-0.3, -0.25) is 0 Å². The largest absolute Gasteiger partial charge is 0.371 e. The van der Waals surface area contributed by atoms with Gasteiger partial charge in [-0.25, -0.2) is 4.98 Å². The molecule has 0 N–H and O–H groups in total. The van der Waals surface area contributed by atoms with Gasteiger partial charge in [-0.05, 0) is 24.5 Å². The van der Waals surface area contributed by atoms with Gasteiger partial charge in [0.25, 0.3) is 0 Å². The number of nitriles is 1. The molecular formula is C17H20N2OS. The van der Waals surface area contributed by atoms with Crippen LogP contribution in [0.25, 0.3) is 11.3 Å². The molecule has 110 valence electrons. The zero-order chi connectivity index (χ0) is 15.5. The minimum atomic E-state index is -0.0135. The van der Waals surface area contributed by atoms with Crippen molar-refractivity contribution in [1.82, 2.24) is 4.98 Å². The number of nitrogens with zero attached hydrogens (tertiary/aromatic N) is 2. The molecule has 0 radical (unpaired) electrons. The maximum absolute atomic E-state index is 8.99. The summed E-state index contributed by atoms with van der Waals surface area (Å²) in [6.07, 6.45) is -0.0135. The van der Waals surface area contributed by atoms with E-state index >= 15 is 0 Å². The lowest BCUT2D eigenvalue weighted by Gasteiger charge is -2.28. The summed E-state index contributed by atoms with van der Waals surface area (Å²) < 4.78 is 5.88. The van der Waals surface area contributed by atoms with Gasteiger partial charge in [0.05, 0.1) is 17.3 Å². The van der Waals surface area contributed by atoms with E-state index in [0.29, 0.717) is 12.2 Å². The molecule has 0 aliphatic rings. The van der Waals surface area contributed by atoms with Gasteiger partial charge < -0.3 is 4.74 Å². The normalized spacial score (nSPS) is 12.9. The minimum absolute atomic E-state index is 0.000361. The highest BCUT2D eigenvalue weighted by Gasteiger charge is 2.29. The van der Waals surface area contributed by atoms with Crippen LogP contribution in [0.3, 0.4) is 0 Å². The Bertz CT molecular complexity index is 649. The zero-order valence-electron chi connectivity index (χ0n) is 12.9. The number of thiazole rings is 1. The third kappa shape index (κ3) is 3.69. The molecule has 1 unspecified atom stereocenters. The molecule has 2 aromatic rings. The van der Waals surface area contributed by atoms with Gasteiger partial charge >= 0.3 is 0 Å². The average molecular weight is 300 g/mol. The summed E-state index contributed by atoms with van der Waals surface area (Å²) in [5.41, 5.74) is 2.53. The second-order valence-corrected chi connectivity index (χ2v) is 6.85. The fraction of sp³-hybridized carbons (Fsp3) is 0.412. The lowest BCUT2D eigenvalue weighted by molar-refractivity contribution is -0.0133. The topological polar surface area (TPSA) is 45.9 Å². The van der Waals surface area contributed by atoms with E-state index in [1.165, 1.54) is 0 Å². The van der Waals surface area contributed by atoms with Crippen LogP contribution in [-0.2, 0) is 4.74 Å². The Balaban J connectivity index is 2.34. The van der Waals surface area contributed by atoms with E-state index in [9.17, 15) is 0 Å². The molecule has 0 saturated carbocycles. The monoisotopic (exact) mass is 300 g/mol. The second kappa shape index (κ2) is 6.38. The molecule has 4 heteroatoms. The first-order valence-electron chi connectivity index (χ1n) is 7.03. The Morgan fingerprint density at radius 2 is 2.14 bits per heavy atom. The molecule has 3 nitrogen and oxygen atoms in total. The molecule has 21 heavy (non-hydrogen) atoms. The first kappa shape index (κ1) is 15.7. The van der Waals surface area contributed by atoms with Crippen molar-refractivity contribution in [2.75, 3.05) is 6.61 Å². The van der Waals surface area contributed by atoms with E-state index in [1.807, 2.05) is 30.5 Å². The maximum atomic E-state index is 8.99. The number of benzene rings is 1. The van der Waals surface area contributed by atoms with Crippen molar-refractivity contribution < 1.29 is 4.74 Å². The smallest absolute Gasteiger partial charge is 0.123 e. The summed E-state index contributed by atoms with van der Waals surface area (Å²) in [5.74, 6) is 0. The molecule has 1 atom stereocenters. The van der Waals surface area contributed by atoms with Crippen molar-refractivity contribution >= 4 is 11.3 Å². The molecule has 0 fully saturated rings. The standard InChI is InChI=1S/C17H20N2OS/c1-5-20-15(17(2,3)4)16-19-14(11-21-16)13-8-6-7-12(9-13)10-18/h6-9,11,15H,5H2,1-4H3. The summed E-state index contributed by atoms with van der Waals surface area (Å²) in [6, 6.07) is 9.69. The summed E-state index contributed by atoms with van der Waals surface area (Å²) in [6.45, 7) is 9.14. The van der Waals surface area contributed by atoms with Crippen molar-refractivity contribution in [3.63, 3.8) is 0 Å². The van der Waals surface area contributed by atoms with Crippen molar-refractivity contribution in [1.29, 1.82) is 5.26 Å². The van der Waals surface area contributed by atoms with Crippen molar-refractivity contribution in [3.8, 4) is 17.3 Å². The minimum Gasteiger partial charge on any atom is -0.371 e. The van der Waals surface area contributed by atoms with Crippen molar-refractivity contribution in [2.45, 2.75) is 33.8 Å². The Kier molecular flexibility index (Phi) is 4.76. The van der Waals surface area contributed by atoms with Gasteiger partial charge in [-0.15, -0.1) is 11.3 Å². The second-order valence-electron chi connectivity index (χ2n) is 5.96. The predicted molar refractivity (Wildman–Crippen MR) is 86.1 cm³/mol. The van der Waals surface area contributed by atoms with E-state index in [-0.39, 0.29) is 11.5 Å². The van der Waals surface area contributed by atoms with Gasteiger partial charge in [0, 0.05) is 17.6 Å². The average Bonchev–Trinajstić information content (AvgIpc) is 2.93. The number of rotatable bonds is 4. The van der Waals surface area contributed by atoms with Crippen LogP contribution in [0.2, 0.25) is 0 Å². The van der Waals surface area contributed by atoms with E-state index in [2.05, 4.69) is 26.8 Å². The Morgan fingerprint density at radius 3 is 2.76 bits per heavy atom. The van der Waals surface area contributed by atoms with Crippen LogP contribution in [0, 0.1) is 16.7 Å². The van der Waals surface area contributed by atoms with Crippen LogP contribution in [-0.4, -0.2) is 11.6 Å². The number of hydrogen-bond acceptors (Lipinski definition) is 4. The molecule has 0 spiro atoms. The van der Waals surface area contributed by atoms with Crippen LogP contribution in [0.15, 0.2) is 29.6 Å². The first-order chi connectivity index (χ1) is 9.95. The van der Waals surface area contributed by atoms with Gasteiger partial charge in [-0.1, -0.05) is 32.9 Å². The summed E-state index contributed by atoms with van der Waals surface area (Å²) >= 11 is 1.61. The quantitative estimate of drug-likeness (QED) is 0.814. The molecule has 2 rings (SSSR count). The van der Waals surface area contributed by atoms with Crippen LogP contribution in [0.4, 0.5) is 0 Å². The van der Waals surface area contributed by atoms with Gasteiger partial charge in [0.2, 0.25) is 0 Å². The zero-order valence-corrected chi connectivity index (χ0v) is 13.7. The van der Waals surface area contributed by atoms with Crippen LogP contribution >= 0.6 is 11.3 Å². The van der Waals surface area contributed by atoms with E-state index in [0.717, 1.165) is 16.3 Å². The Hall–Kier alpha value is -1.70. The SMILES string of the molecule is CCOC(c1nc(-c2cccc(C#N)c2)cs1)C(C)(C)C. The van der Waals surface area contributed by atoms with Crippen LogP contribution in [0.5, 0.6) is 0 Å². The number of aromatic nitrogens is 1. The first-order valence-corrected chi connectivity index (χ1v) is 7.91. The molecule has 0 aliphatic carbocycles. The van der Waals surface area contributed by atoms with Gasteiger partial charge in [0.1, 0.15) is 11.1 Å². The lowest BCUT2D eigenvalue weighted by Crippen LogP contribution is -2.21. The molecule has 0 bridgehead atoms. The third-order valence-electron chi connectivity index (χ3n) is 3.15. The molecule has 0 amide bonds. The molecular weight excluding hydrogens is 280 g/mol. The Morgan fingerprint density at radius 1 is 1.38 bits per heavy atom. The predicted octanol–water partition coefficient (Wildman–Crippen LogP) is 4.81. The fourth-order valence-corrected chi connectivity index (χ4v) is 3.26. The molecule has 1 aromatic carbocycles. The summed E-state index contributed by atoms with van der Waals surface area (Å²) in [4.78, 5) is 4.73. The molecule has 0 saturated heterocycles. The van der Waals surface area contributed by atoms with Crippen molar-refractivity contribution in [3.05, 3.63) is 40.2 Å². The number of hydrogen-bond donors (Lipinski definition) is 0. The molecule has 1 heterocycles.